The van der Waals surface area contributed by atoms with Gasteiger partial charge in [-0.3, -0.25) is 0 Å². The van der Waals surface area contributed by atoms with Crippen LogP contribution in [0.15, 0.2) is 103 Å². The normalized spacial score (nSPS) is 11.4. The Hall–Kier alpha value is -3.58. The third kappa shape index (κ3) is 3.60. The molecule has 0 fully saturated rings. The summed E-state index contributed by atoms with van der Waals surface area (Å²) >= 11 is 0. The second-order valence-electron chi connectivity index (χ2n) is 6.92. The summed E-state index contributed by atoms with van der Waals surface area (Å²) in [5, 5.41) is 0. The first-order valence-corrected chi connectivity index (χ1v) is 9.51. The zero-order valence-electron chi connectivity index (χ0n) is 16.0. The fourth-order valence-electron chi connectivity index (χ4n) is 3.56. The van der Waals surface area contributed by atoms with Crippen molar-refractivity contribution in [3.63, 3.8) is 0 Å². The number of hydrogen-bond acceptors (Lipinski definition) is 1. The van der Waals surface area contributed by atoms with Crippen LogP contribution in [0.4, 0.5) is 5.69 Å². The maximum Gasteiger partial charge on any atom is 0.0473 e. The highest BCUT2D eigenvalue weighted by atomic mass is 14.6. The van der Waals surface area contributed by atoms with Crippen molar-refractivity contribution in [1.29, 1.82) is 0 Å². The van der Waals surface area contributed by atoms with Gasteiger partial charge in [0.2, 0.25) is 0 Å². The van der Waals surface area contributed by atoms with Crippen LogP contribution in [-0.4, -0.2) is 0 Å². The van der Waals surface area contributed by atoms with Crippen molar-refractivity contribution in [3.05, 3.63) is 125 Å². The Morgan fingerprint density at radius 3 is 1.96 bits per heavy atom. The molecule has 0 aliphatic carbocycles. The topological polar surface area (TPSA) is 26.0 Å². The first-order valence-electron chi connectivity index (χ1n) is 9.51. The zero-order chi connectivity index (χ0) is 19.3. The van der Waals surface area contributed by atoms with Gasteiger partial charge in [-0.25, -0.2) is 0 Å². The number of hydrogen-bond donors (Lipinski definition) is 1. The molecule has 28 heavy (non-hydrogen) atoms. The average Bonchev–Trinajstić information content (AvgIpc) is 2.75. The molecule has 0 bridgehead atoms. The summed E-state index contributed by atoms with van der Waals surface area (Å²) in [6, 6.07) is 35.5. The highest BCUT2D eigenvalue weighted by Gasteiger charge is 2.13. The minimum absolute atomic E-state index is 0.808. The van der Waals surface area contributed by atoms with Crippen molar-refractivity contribution in [2.45, 2.75) is 6.92 Å². The van der Waals surface area contributed by atoms with Gasteiger partial charge >= 0.3 is 0 Å². The maximum atomic E-state index is 6.74. The van der Waals surface area contributed by atoms with E-state index in [2.05, 4.69) is 104 Å². The summed E-state index contributed by atoms with van der Waals surface area (Å²) in [7, 11) is 0. The third-order valence-electron chi connectivity index (χ3n) is 5.03. The summed E-state index contributed by atoms with van der Waals surface area (Å²) in [5.41, 5.74) is 15.5. The molecule has 1 nitrogen and oxygen atoms in total. The van der Waals surface area contributed by atoms with Gasteiger partial charge in [0.25, 0.3) is 0 Å². The predicted octanol–water partition coefficient (Wildman–Crippen LogP) is 6.83. The van der Waals surface area contributed by atoms with Gasteiger partial charge in [0, 0.05) is 16.8 Å². The first-order chi connectivity index (χ1) is 13.7. The van der Waals surface area contributed by atoms with E-state index in [1.165, 1.54) is 11.1 Å². The molecule has 136 valence electrons. The Bertz CT molecular complexity index is 1110. The van der Waals surface area contributed by atoms with Gasteiger partial charge < -0.3 is 5.73 Å². The van der Waals surface area contributed by atoms with Gasteiger partial charge in [-0.05, 0) is 40.8 Å². The van der Waals surface area contributed by atoms with Gasteiger partial charge in [0.15, 0.2) is 0 Å². The lowest BCUT2D eigenvalue weighted by atomic mass is 9.90. The Kier molecular flexibility index (Phi) is 5.07. The number of anilines is 1. The molecule has 4 aromatic carbocycles. The maximum absolute atomic E-state index is 6.74. The molecule has 0 aliphatic rings. The Labute approximate surface area is 166 Å². The molecule has 0 atom stereocenters. The van der Waals surface area contributed by atoms with Gasteiger partial charge in [-0.15, -0.1) is 0 Å². The van der Waals surface area contributed by atoms with Crippen molar-refractivity contribution in [3.8, 4) is 11.1 Å². The number of para-hydroxylation sites is 1. The van der Waals surface area contributed by atoms with Crippen LogP contribution in [-0.2, 0) is 0 Å². The first kappa shape index (κ1) is 17.8. The van der Waals surface area contributed by atoms with Crippen LogP contribution in [0.5, 0.6) is 0 Å². The quantitative estimate of drug-likeness (QED) is 0.313. The minimum atomic E-state index is 0.808. The average molecular weight is 361 g/mol. The van der Waals surface area contributed by atoms with E-state index in [-0.39, 0.29) is 0 Å². The minimum Gasteiger partial charge on any atom is -0.398 e. The van der Waals surface area contributed by atoms with E-state index < -0.39 is 0 Å². The molecule has 0 spiro atoms. The lowest BCUT2D eigenvalue weighted by Crippen LogP contribution is -1.99. The Balaban J connectivity index is 1.92. The van der Waals surface area contributed by atoms with E-state index >= 15 is 0 Å². The van der Waals surface area contributed by atoms with Gasteiger partial charge in [0.05, 0.1) is 0 Å². The number of rotatable bonds is 4. The van der Waals surface area contributed by atoms with Gasteiger partial charge in [-0.2, -0.15) is 0 Å². The fraction of sp³-hybridized carbons (Fsp3) is 0.0370. The Morgan fingerprint density at radius 2 is 1.25 bits per heavy atom. The second kappa shape index (κ2) is 7.98. The van der Waals surface area contributed by atoms with Crippen molar-refractivity contribution in [2.75, 3.05) is 5.73 Å². The summed E-state index contributed by atoms with van der Waals surface area (Å²) < 4.78 is 0. The zero-order valence-corrected chi connectivity index (χ0v) is 16.0. The molecule has 0 heterocycles. The third-order valence-corrected chi connectivity index (χ3v) is 5.03. The van der Waals surface area contributed by atoms with Crippen molar-refractivity contribution < 1.29 is 0 Å². The highest BCUT2D eigenvalue weighted by Crippen LogP contribution is 2.37. The van der Waals surface area contributed by atoms with Crippen LogP contribution >= 0.6 is 0 Å². The van der Waals surface area contributed by atoms with E-state index in [0.29, 0.717) is 0 Å². The van der Waals surface area contributed by atoms with E-state index in [1.807, 2.05) is 12.1 Å². The molecule has 0 saturated heterocycles. The molecule has 0 aromatic heterocycles. The van der Waals surface area contributed by atoms with E-state index in [1.54, 1.807) is 0 Å². The summed E-state index contributed by atoms with van der Waals surface area (Å²) in [6.07, 6.45) is 2.21. The molecule has 4 aromatic rings. The summed E-state index contributed by atoms with van der Waals surface area (Å²) in [5.74, 6) is 0. The molecule has 0 aliphatic heterocycles. The summed E-state index contributed by atoms with van der Waals surface area (Å²) in [6.45, 7) is 2.12. The molecular formula is C27H23N. The smallest absolute Gasteiger partial charge is 0.0473 e. The van der Waals surface area contributed by atoms with E-state index in [9.17, 15) is 0 Å². The van der Waals surface area contributed by atoms with Crippen molar-refractivity contribution in [1.82, 2.24) is 0 Å². The van der Waals surface area contributed by atoms with Crippen LogP contribution in [0.25, 0.3) is 22.8 Å². The molecule has 4 rings (SSSR count). The standard InChI is InChI=1S/C27H23N/c1-20-11-8-9-16-23(20)24-17-10-18-25(27(24)28)26(22-14-6-3-7-15-22)19-21-12-4-2-5-13-21/h2-19H,28H2,1H3. The highest BCUT2D eigenvalue weighted by molar-refractivity contribution is 5.98. The number of benzene rings is 4. The lowest BCUT2D eigenvalue weighted by molar-refractivity contribution is 1.45. The van der Waals surface area contributed by atoms with Crippen molar-refractivity contribution in [2.24, 2.45) is 0 Å². The molecule has 0 saturated carbocycles. The number of nitrogen functional groups attached to an aromatic ring is 1. The van der Waals surface area contributed by atoms with Crippen LogP contribution in [0.2, 0.25) is 0 Å². The van der Waals surface area contributed by atoms with E-state index in [0.717, 1.165) is 33.5 Å². The SMILES string of the molecule is Cc1ccccc1-c1cccc(C(=Cc2ccccc2)c2ccccc2)c1N. The molecular weight excluding hydrogens is 338 g/mol. The predicted molar refractivity (Wildman–Crippen MR) is 121 cm³/mol. The second-order valence-corrected chi connectivity index (χ2v) is 6.92. The van der Waals surface area contributed by atoms with Crippen LogP contribution < -0.4 is 5.73 Å². The molecule has 2 N–H and O–H groups in total. The van der Waals surface area contributed by atoms with Gasteiger partial charge in [-0.1, -0.05) is 103 Å². The van der Waals surface area contributed by atoms with Crippen LogP contribution in [0, 0.1) is 6.92 Å². The molecule has 0 amide bonds. The van der Waals surface area contributed by atoms with Crippen molar-refractivity contribution >= 4 is 17.3 Å². The number of nitrogens with two attached hydrogens (primary N) is 1. The molecule has 0 unspecified atom stereocenters. The number of aryl methyl sites for hydroxylation is 1. The van der Waals surface area contributed by atoms with Crippen LogP contribution in [0.1, 0.15) is 22.3 Å². The van der Waals surface area contributed by atoms with E-state index in [4.69, 9.17) is 5.73 Å². The lowest BCUT2D eigenvalue weighted by Gasteiger charge is -2.16. The van der Waals surface area contributed by atoms with Crippen LogP contribution in [0.3, 0.4) is 0 Å². The molecule has 0 radical (unpaired) electrons. The largest absolute Gasteiger partial charge is 0.398 e. The Morgan fingerprint density at radius 1 is 0.643 bits per heavy atom. The monoisotopic (exact) mass is 361 g/mol. The summed E-state index contributed by atoms with van der Waals surface area (Å²) in [4.78, 5) is 0. The fourth-order valence-corrected chi connectivity index (χ4v) is 3.56. The molecule has 1 heteroatoms. The van der Waals surface area contributed by atoms with Gasteiger partial charge in [0.1, 0.15) is 0 Å².